The van der Waals surface area contributed by atoms with Gasteiger partial charge in [-0.25, -0.2) is 4.57 Å². The van der Waals surface area contributed by atoms with Gasteiger partial charge in [-0.15, -0.1) is 0 Å². The van der Waals surface area contributed by atoms with Crippen molar-refractivity contribution in [2.45, 2.75) is 80.0 Å². The maximum absolute atomic E-state index is 11.7. The Morgan fingerprint density at radius 1 is 1.05 bits per heavy atom. The minimum Gasteiger partial charge on any atom is -0.404 e. The third kappa shape index (κ3) is 5.65. The molecule has 0 radical (unpaired) electrons. The molecule has 1 aromatic carbocycles. The van der Waals surface area contributed by atoms with Crippen molar-refractivity contribution < 1.29 is 53.5 Å². The van der Waals surface area contributed by atoms with Crippen molar-refractivity contribution in [3.63, 3.8) is 0 Å². The Bertz CT molecular complexity index is 1020. The maximum atomic E-state index is 11.7. The average molecular weight is 564 g/mol. The summed E-state index contributed by atoms with van der Waals surface area (Å²) in [4.78, 5) is 18.3. The van der Waals surface area contributed by atoms with Crippen LogP contribution < -0.4 is 20.5 Å². The van der Waals surface area contributed by atoms with Crippen molar-refractivity contribution in [3.05, 3.63) is 29.8 Å². The lowest BCUT2D eigenvalue weighted by Crippen LogP contribution is -2.81. The first kappa shape index (κ1) is 29.7. The van der Waals surface area contributed by atoms with Crippen LogP contribution in [-0.4, -0.2) is 118 Å². The fourth-order valence-corrected chi connectivity index (χ4v) is 6.11. The second kappa shape index (κ2) is 11.3. The van der Waals surface area contributed by atoms with Crippen LogP contribution >= 0.6 is 7.82 Å². The van der Waals surface area contributed by atoms with E-state index in [1.165, 1.54) is 6.07 Å². The van der Waals surface area contributed by atoms with Gasteiger partial charge in [-0.1, -0.05) is 18.2 Å². The number of ether oxygens (including phenoxy) is 3. The number of hydrogen-bond acceptors (Lipinski definition) is 12. The Hall–Kier alpha value is -1.23. The van der Waals surface area contributed by atoms with Crippen LogP contribution in [0, 0.1) is 0 Å². The van der Waals surface area contributed by atoms with Gasteiger partial charge in [-0.05, 0) is 45.6 Å². The zero-order valence-corrected chi connectivity index (χ0v) is 22.3. The summed E-state index contributed by atoms with van der Waals surface area (Å²) in [6.45, 7) is 1.82. The largest absolute Gasteiger partial charge is 0.524 e. The zero-order valence-electron chi connectivity index (χ0n) is 21.4. The minimum atomic E-state index is -4.74. The molecule has 14 nitrogen and oxygen atoms in total. The fourth-order valence-electron chi connectivity index (χ4n) is 5.67. The molecular weight excluding hydrogens is 525 g/mol. The van der Waals surface area contributed by atoms with Crippen LogP contribution in [0.4, 0.5) is 0 Å². The quantitative estimate of drug-likeness (QED) is 0.113. The molecule has 1 aliphatic carbocycles. The Morgan fingerprint density at radius 2 is 1.74 bits per heavy atom. The van der Waals surface area contributed by atoms with E-state index in [0.717, 1.165) is 0 Å². The second-order valence-electron chi connectivity index (χ2n) is 10.1. The number of phosphoric acid groups is 1. The van der Waals surface area contributed by atoms with Gasteiger partial charge in [0.05, 0.1) is 24.3 Å². The van der Waals surface area contributed by atoms with Crippen molar-refractivity contribution in [3.8, 4) is 5.75 Å². The van der Waals surface area contributed by atoms with Crippen LogP contribution in [0.25, 0.3) is 0 Å². The van der Waals surface area contributed by atoms with E-state index in [4.69, 9.17) is 28.5 Å². The Morgan fingerprint density at radius 3 is 2.39 bits per heavy atom. The van der Waals surface area contributed by atoms with Gasteiger partial charge < -0.3 is 55.1 Å². The molecule has 9 N–H and O–H groups in total. The van der Waals surface area contributed by atoms with Crippen LogP contribution in [0.15, 0.2) is 24.3 Å². The summed E-state index contributed by atoms with van der Waals surface area (Å²) in [5.74, 6) is -2.29. The van der Waals surface area contributed by atoms with E-state index in [-0.39, 0.29) is 25.3 Å². The summed E-state index contributed by atoms with van der Waals surface area (Å²) in [6.07, 6.45) is -5.92. The summed E-state index contributed by atoms with van der Waals surface area (Å²) in [5.41, 5.74) is -1.36. The smallest absolute Gasteiger partial charge is 0.404 e. The molecular formula is C23H38N3O11P. The van der Waals surface area contributed by atoms with Crippen LogP contribution in [0.5, 0.6) is 5.75 Å². The number of para-hydroxylation sites is 1. The molecule has 2 heterocycles. The summed E-state index contributed by atoms with van der Waals surface area (Å²) < 4.78 is 33.9. The van der Waals surface area contributed by atoms with Gasteiger partial charge in [-0.3, -0.25) is 9.79 Å². The van der Waals surface area contributed by atoms with Gasteiger partial charge in [-0.2, -0.15) is 0 Å². The fraction of sp³-hybridized carbons (Fsp3) is 0.739. The number of fused-ring (bicyclic) bond motifs is 2. The number of aliphatic hydroxyl groups excluding tert-OH is 2. The van der Waals surface area contributed by atoms with Gasteiger partial charge in [0.15, 0.2) is 0 Å². The number of hydrogen-bond donors (Lipinski definition) is 9. The van der Waals surface area contributed by atoms with E-state index >= 15 is 0 Å². The van der Waals surface area contributed by atoms with Crippen molar-refractivity contribution in [1.82, 2.24) is 16.0 Å². The highest BCUT2D eigenvalue weighted by Gasteiger charge is 2.68. The van der Waals surface area contributed by atoms with E-state index in [1.54, 1.807) is 39.2 Å². The van der Waals surface area contributed by atoms with Gasteiger partial charge in [0.2, 0.25) is 12.1 Å². The molecule has 0 unspecified atom stereocenters. The second-order valence-corrected chi connectivity index (χ2v) is 11.3. The van der Waals surface area contributed by atoms with Gasteiger partial charge in [0.1, 0.15) is 29.7 Å². The number of benzene rings is 1. The molecule has 2 saturated heterocycles. The lowest BCUT2D eigenvalue weighted by Gasteiger charge is -2.60. The van der Waals surface area contributed by atoms with Gasteiger partial charge in [0, 0.05) is 13.0 Å². The zero-order chi connectivity index (χ0) is 27.9. The highest BCUT2D eigenvalue weighted by atomic mass is 31.2. The minimum absolute atomic E-state index is 0.0138. The van der Waals surface area contributed by atoms with Crippen LogP contribution in [-0.2, 0) is 25.2 Å². The molecule has 38 heavy (non-hydrogen) atoms. The molecule has 0 aromatic heterocycles. The molecule has 15 heteroatoms. The lowest BCUT2D eigenvalue weighted by molar-refractivity contribution is -0.482. The molecule has 0 spiro atoms. The Balaban J connectivity index is 1.49. The number of likely N-dealkylation sites (N-methyl/N-ethyl adjacent to an activating group) is 2. The van der Waals surface area contributed by atoms with E-state index in [2.05, 4.69) is 16.0 Å². The van der Waals surface area contributed by atoms with E-state index in [9.17, 15) is 25.0 Å². The molecule has 4 rings (SSSR count). The first-order valence-corrected chi connectivity index (χ1v) is 14.0. The summed E-state index contributed by atoms with van der Waals surface area (Å²) in [7, 11) is -1.53. The van der Waals surface area contributed by atoms with Crippen LogP contribution in [0.3, 0.4) is 0 Å². The van der Waals surface area contributed by atoms with Crippen molar-refractivity contribution >= 4 is 7.82 Å². The first-order valence-electron chi connectivity index (χ1n) is 12.5. The van der Waals surface area contributed by atoms with Crippen molar-refractivity contribution in [2.24, 2.45) is 0 Å². The van der Waals surface area contributed by atoms with Crippen LogP contribution in [0.2, 0.25) is 0 Å². The number of nitrogens with one attached hydrogen (secondary N) is 3. The number of phosphoric ester groups is 1. The SMILES string of the molecule is CN[C@@H]1[C@H](O)[C@H](NC)[C@H]2O[C@]3(O)[C@H](O[C@@H]2[C@H]1O)O[C@H](C)C[C@@]3(O)CNCCc1ccccc1OP(=O)(O)O. The van der Waals surface area contributed by atoms with Crippen LogP contribution in [0.1, 0.15) is 18.9 Å². The standard InChI is InChI=1S/C23H38N3O11P/c1-12-10-22(29,11-26-9-8-13-6-4-5-7-14(13)37-38(31,32)33)23(30)21(34-12)35-20-18(28)15(24-2)17(27)16(25-3)19(20)36-23/h4-7,12,15-21,24-30H,8-11H2,1-3H3,(H2,31,32,33)/t12-,15-,16+,17+,18+,19-,20-,21+,22-,23-/m1/s1. The molecule has 0 bridgehead atoms. The van der Waals surface area contributed by atoms with Crippen molar-refractivity contribution in [2.75, 3.05) is 27.2 Å². The monoisotopic (exact) mass is 563 g/mol. The first-order chi connectivity index (χ1) is 17.8. The topological polar surface area (TPSA) is 211 Å². The molecule has 1 saturated carbocycles. The average Bonchev–Trinajstić information content (AvgIpc) is 2.83. The molecule has 10 atom stereocenters. The Kier molecular flexibility index (Phi) is 8.87. The number of aliphatic hydroxyl groups is 4. The molecule has 2 aliphatic heterocycles. The van der Waals surface area contributed by atoms with Gasteiger partial charge >= 0.3 is 7.82 Å². The van der Waals surface area contributed by atoms with E-state index in [0.29, 0.717) is 12.0 Å². The predicted octanol–water partition coefficient (Wildman–Crippen LogP) is -2.46. The number of rotatable bonds is 9. The molecule has 1 aromatic rings. The predicted molar refractivity (Wildman–Crippen MR) is 132 cm³/mol. The summed E-state index contributed by atoms with van der Waals surface area (Å²) >= 11 is 0. The molecule has 3 aliphatic rings. The maximum Gasteiger partial charge on any atom is 0.524 e. The third-order valence-corrected chi connectivity index (χ3v) is 7.96. The van der Waals surface area contributed by atoms with E-state index in [1.807, 2.05) is 0 Å². The summed E-state index contributed by atoms with van der Waals surface area (Å²) in [5, 5.41) is 54.0. The Labute approximate surface area is 220 Å². The van der Waals surface area contributed by atoms with Gasteiger partial charge in [0.25, 0.3) is 0 Å². The summed E-state index contributed by atoms with van der Waals surface area (Å²) in [6, 6.07) is 4.93. The third-order valence-electron chi connectivity index (χ3n) is 7.53. The van der Waals surface area contributed by atoms with E-state index < -0.39 is 68.1 Å². The van der Waals surface area contributed by atoms with Crippen molar-refractivity contribution in [1.29, 1.82) is 0 Å². The molecule has 216 valence electrons. The highest BCUT2D eigenvalue weighted by molar-refractivity contribution is 7.46. The lowest BCUT2D eigenvalue weighted by atomic mass is 9.77. The molecule has 0 amide bonds. The normalized spacial score (nSPS) is 41.3. The molecule has 3 fully saturated rings. The highest BCUT2D eigenvalue weighted by Crippen LogP contribution is 2.46.